The summed E-state index contributed by atoms with van der Waals surface area (Å²) in [4.78, 5) is 4.87. The van der Waals surface area contributed by atoms with Gasteiger partial charge in [-0.1, -0.05) is 148 Å². The highest BCUT2D eigenvalue weighted by Crippen LogP contribution is 2.48. The monoisotopic (exact) mass is 770 g/mol. The van der Waals surface area contributed by atoms with E-state index >= 15 is 0 Å². The smallest absolute Gasteiger partial charge is 0.113 e. The van der Waals surface area contributed by atoms with Crippen LogP contribution in [-0.4, -0.2) is 8.07 Å². The van der Waals surface area contributed by atoms with Crippen LogP contribution in [0.5, 0.6) is 0 Å². The van der Waals surface area contributed by atoms with E-state index in [9.17, 15) is 0 Å². The van der Waals surface area contributed by atoms with Gasteiger partial charge in [-0.05, 0) is 143 Å². The first-order chi connectivity index (χ1) is 28.5. The Morgan fingerprint density at radius 2 is 0.862 bits per heavy atom. The van der Waals surface area contributed by atoms with Crippen molar-refractivity contribution in [2.75, 3.05) is 9.80 Å². The number of rotatable bonds is 9. The lowest BCUT2D eigenvalue weighted by Crippen LogP contribution is -2.49. The predicted molar refractivity (Wildman–Crippen MR) is 250 cm³/mol. The zero-order chi connectivity index (χ0) is 39.1. The van der Waals surface area contributed by atoms with E-state index < -0.39 is 8.07 Å². The second-order valence-electron chi connectivity index (χ2n) is 17.6. The van der Waals surface area contributed by atoms with Crippen molar-refractivity contribution < 1.29 is 0 Å². The summed E-state index contributed by atoms with van der Waals surface area (Å²) in [6.45, 7) is 5.01. The van der Waals surface area contributed by atoms with Crippen molar-refractivity contribution in [3.63, 3.8) is 0 Å². The molecule has 0 amide bonds. The zero-order valence-corrected chi connectivity index (χ0v) is 35.1. The zero-order valence-electron chi connectivity index (χ0n) is 34.1. The maximum absolute atomic E-state index is 2.50. The lowest BCUT2D eigenvalue weighted by atomic mass is 9.73. The Bertz CT molecular complexity index is 2490. The lowest BCUT2D eigenvalue weighted by molar-refractivity contribution is 0.443. The van der Waals surface area contributed by atoms with Gasteiger partial charge >= 0.3 is 0 Å². The maximum atomic E-state index is 2.50. The van der Waals surface area contributed by atoms with Crippen LogP contribution in [-0.2, 0) is 5.41 Å². The minimum Gasteiger partial charge on any atom is -0.311 e. The molecular formula is C55H54N2Si. The van der Waals surface area contributed by atoms with Crippen LogP contribution in [0.1, 0.15) is 80.4 Å². The number of benzene rings is 7. The first-order valence-corrected chi connectivity index (χ1v) is 24.8. The molecule has 0 atom stereocenters. The molecule has 2 nitrogen and oxygen atoms in total. The van der Waals surface area contributed by atoms with E-state index in [0.717, 1.165) is 0 Å². The highest BCUT2D eigenvalue weighted by molar-refractivity contribution is 7.03. The van der Waals surface area contributed by atoms with E-state index in [1.165, 1.54) is 125 Å². The summed E-state index contributed by atoms with van der Waals surface area (Å²) < 4.78 is 0. The molecule has 2 saturated carbocycles. The third-order valence-electron chi connectivity index (χ3n) is 13.9. The Morgan fingerprint density at radius 1 is 0.414 bits per heavy atom. The SMILES string of the molecule is C[Si]1(C)c2ccccc2-c2ccc(N(c3ccccc3)c3ccc(C4(c5ccc(N(c6ccccc6)c6ccc(C7CCCCC7)cc6)cc5)CCCC4)cc3)cc21. The van der Waals surface area contributed by atoms with E-state index in [1.54, 1.807) is 5.19 Å². The van der Waals surface area contributed by atoms with Crippen LogP contribution >= 0.6 is 0 Å². The van der Waals surface area contributed by atoms with Crippen molar-refractivity contribution in [3.8, 4) is 11.1 Å². The minimum atomic E-state index is -1.82. The summed E-state index contributed by atoms with van der Waals surface area (Å²) in [7, 11) is -1.82. The Balaban J connectivity index is 0.975. The van der Waals surface area contributed by atoms with Gasteiger partial charge in [-0.3, -0.25) is 0 Å². The normalized spacial score (nSPS) is 16.7. The van der Waals surface area contributed by atoms with E-state index in [0.29, 0.717) is 5.92 Å². The molecule has 0 radical (unpaired) electrons. The number of nitrogens with zero attached hydrogens (tertiary/aromatic N) is 2. The fourth-order valence-corrected chi connectivity index (χ4v) is 13.9. The van der Waals surface area contributed by atoms with E-state index in [4.69, 9.17) is 0 Å². The molecule has 2 fully saturated rings. The third-order valence-corrected chi connectivity index (χ3v) is 17.4. The average Bonchev–Trinajstić information content (AvgIpc) is 3.88. The minimum absolute atomic E-state index is 0.00281. The Kier molecular flexibility index (Phi) is 9.66. The highest BCUT2D eigenvalue weighted by atomic mass is 28.3. The second kappa shape index (κ2) is 15.3. The van der Waals surface area contributed by atoms with Gasteiger partial charge in [0.1, 0.15) is 8.07 Å². The number of hydrogen-bond donors (Lipinski definition) is 0. The molecule has 0 unspecified atom stereocenters. The van der Waals surface area contributed by atoms with Gasteiger partial charge < -0.3 is 9.80 Å². The van der Waals surface area contributed by atoms with Crippen molar-refractivity contribution >= 4 is 52.6 Å². The summed E-state index contributed by atoms with van der Waals surface area (Å²) in [6, 6.07) is 66.6. The second-order valence-corrected chi connectivity index (χ2v) is 21.9. The van der Waals surface area contributed by atoms with Crippen molar-refractivity contribution in [3.05, 3.63) is 193 Å². The summed E-state index contributed by atoms with van der Waals surface area (Å²) >= 11 is 0. The number of fused-ring (bicyclic) bond motifs is 3. The molecule has 0 spiro atoms. The Morgan fingerprint density at radius 3 is 1.43 bits per heavy atom. The molecular weight excluding hydrogens is 717 g/mol. The van der Waals surface area contributed by atoms with Gasteiger partial charge in [-0.25, -0.2) is 0 Å². The molecule has 288 valence electrons. The van der Waals surface area contributed by atoms with Crippen LogP contribution in [0.25, 0.3) is 11.1 Å². The topological polar surface area (TPSA) is 6.48 Å². The molecule has 0 aromatic heterocycles. The molecule has 2 aliphatic carbocycles. The molecule has 1 aliphatic heterocycles. The molecule has 1 heterocycles. The summed E-state index contributed by atoms with van der Waals surface area (Å²) in [5.74, 6) is 0.705. The lowest BCUT2D eigenvalue weighted by Gasteiger charge is -2.33. The molecule has 0 N–H and O–H groups in total. The first-order valence-electron chi connectivity index (χ1n) is 21.8. The molecule has 3 aliphatic rings. The quantitative estimate of drug-likeness (QED) is 0.135. The average molecular weight is 771 g/mol. The predicted octanol–water partition coefficient (Wildman–Crippen LogP) is 14.3. The van der Waals surface area contributed by atoms with Gasteiger partial charge in [-0.2, -0.15) is 0 Å². The van der Waals surface area contributed by atoms with Crippen molar-refractivity contribution in [1.29, 1.82) is 0 Å². The van der Waals surface area contributed by atoms with Gasteiger partial charge in [0.25, 0.3) is 0 Å². The molecule has 0 bridgehead atoms. The van der Waals surface area contributed by atoms with E-state index in [2.05, 4.69) is 199 Å². The van der Waals surface area contributed by atoms with Crippen molar-refractivity contribution in [2.24, 2.45) is 0 Å². The van der Waals surface area contributed by atoms with Gasteiger partial charge in [0.05, 0.1) is 0 Å². The largest absolute Gasteiger partial charge is 0.311 e. The molecule has 7 aromatic rings. The van der Waals surface area contributed by atoms with Crippen LogP contribution in [0.2, 0.25) is 13.1 Å². The number of para-hydroxylation sites is 2. The van der Waals surface area contributed by atoms with Gasteiger partial charge in [0.2, 0.25) is 0 Å². The summed E-state index contributed by atoms with van der Waals surface area (Å²) in [5, 5.41) is 3.07. The molecule has 3 heteroatoms. The first kappa shape index (κ1) is 36.7. The van der Waals surface area contributed by atoms with Crippen molar-refractivity contribution in [1.82, 2.24) is 0 Å². The van der Waals surface area contributed by atoms with Crippen LogP contribution in [0, 0.1) is 0 Å². The van der Waals surface area contributed by atoms with E-state index in [-0.39, 0.29) is 5.41 Å². The van der Waals surface area contributed by atoms with Crippen LogP contribution in [0.3, 0.4) is 0 Å². The summed E-state index contributed by atoms with van der Waals surface area (Å²) in [6.07, 6.45) is 11.6. The third kappa shape index (κ3) is 6.50. The molecule has 10 rings (SSSR count). The maximum Gasteiger partial charge on any atom is 0.113 e. The molecule has 0 saturated heterocycles. The van der Waals surface area contributed by atoms with Gasteiger partial charge in [0.15, 0.2) is 0 Å². The fourth-order valence-electron chi connectivity index (χ4n) is 10.8. The molecule has 7 aromatic carbocycles. The fraction of sp³-hybridized carbons (Fsp3) is 0.236. The molecule has 58 heavy (non-hydrogen) atoms. The Hall–Kier alpha value is -5.64. The van der Waals surface area contributed by atoms with Crippen LogP contribution in [0.4, 0.5) is 34.1 Å². The van der Waals surface area contributed by atoms with Gasteiger partial charge in [0, 0.05) is 39.5 Å². The number of hydrogen-bond acceptors (Lipinski definition) is 2. The van der Waals surface area contributed by atoms with Gasteiger partial charge in [-0.15, -0.1) is 0 Å². The number of anilines is 6. The Labute approximate surface area is 346 Å². The van der Waals surface area contributed by atoms with Crippen LogP contribution < -0.4 is 20.2 Å². The van der Waals surface area contributed by atoms with Crippen molar-refractivity contribution in [2.45, 2.75) is 82.2 Å². The highest BCUT2D eigenvalue weighted by Gasteiger charge is 2.39. The van der Waals surface area contributed by atoms with E-state index in [1.807, 2.05) is 0 Å². The standard InChI is InChI=1S/C55H54N2Si/c1-58(2)53-23-13-12-22-51(53)52-37-36-50(40-54(52)58)57(46-20-10-5-11-21-46)49-34-28-44(29-35-49)55(38-14-15-39-55)43-26-32-48(33-27-43)56(45-18-8-4-9-19-45)47-30-24-42(25-31-47)41-16-6-3-7-17-41/h4-5,8-13,18-37,40-41H,3,6-7,14-17,38-39H2,1-2H3. The van der Waals surface area contributed by atoms with Crippen LogP contribution in [0.15, 0.2) is 176 Å². The summed E-state index contributed by atoms with van der Waals surface area (Å²) in [5.41, 5.74) is 14.4.